The molecule has 118 valence electrons. The highest BCUT2D eigenvalue weighted by Gasteiger charge is 2.03. The molecule has 23 heavy (non-hydrogen) atoms. The van der Waals surface area contributed by atoms with Gasteiger partial charge in [0.25, 0.3) is 0 Å². The average Bonchev–Trinajstić information content (AvgIpc) is 2.86. The first-order valence-corrected chi connectivity index (χ1v) is 7.31. The van der Waals surface area contributed by atoms with Crippen LogP contribution in [0.5, 0.6) is 6.01 Å². The van der Waals surface area contributed by atoms with Gasteiger partial charge in [0.2, 0.25) is 0 Å². The van der Waals surface area contributed by atoms with Crippen molar-refractivity contribution in [2.75, 3.05) is 7.11 Å². The lowest BCUT2D eigenvalue weighted by Gasteiger charge is -2.05. The maximum Gasteiger partial charge on any atom is 0.321 e. The summed E-state index contributed by atoms with van der Waals surface area (Å²) in [5, 5.41) is 0. The summed E-state index contributed by atoms with van der Waals surface area (Å²) in [6.45, 7) is 5.48. The summed E-state index contributed by atoms with van der Waals surface area (Å²) >= 11 is 0. The van der Waals surface area contributed by atoms with Gasteiger partial charge in [0, 0.05) is 18.0 Å². The van der Waals surface area contributed by atoms with Gasteiger partial charge in [-0.3, -0.25) is 0 Å². The van der Waals surface area contributed by atoms with E-state index in [0.29, 0.717) is 17.5 Å². The largest absolute Gasteiger partial charge is 0.497 e. The molecule has 0 unspecified atom stereocenters. The quantitative estimate of drug-likeness (QED) is 0.578. The standard InChI is InChI=1S/C19H20N2O2/c1-4-18(22-3)12-11-15(2)23-19-20-13-17(14-21-19)16-9-7-5-6-8-10-16/h4-5,7-14H,1,6H2,2-3H3/b15-11+,18-12+. The van der Waals surface area contributed by atoms with Crippen LogP contribution in [0.15, 0.2) is 79.1 Å². The number of methoxy groups -OCH3 is 1. The zero-order chi connectivity index (χ0) is 16.5. The molecule has 0 N–H and O–H groups in total. The SMILES string of the molecule is C=C/C(=C\C=C(/C)Oc1ncc(C2=CC=CCC=C2)cn1)OC. The van der Waals surface area contributed by atoms with Crippen LogP contribution in [0.4, 0.5) is 0 Å². The van der Waals surface area contributed by atoms with Crippen LogP contribution in [-0.4, -0.2) is 17.1 Å². The Bertz CT molecular complexity index is 693. The molecule has 0 amide bonds. The molecule has 1 aromatic heterocycles. The van der Waals surface area contributed by atoms with Crippen LogP contribution in [0.25, 0.3) is 5.57 Å². The van der Waals surface area contributed by atoms with Crippen LogP contribution in [0.3, 0.4) is 0 Å². The molecule has 0 saturated carbocycles. The summed E-state index contributed by atoms with van der Waals surface area (Å²) < 4.78 is 10.7. The molecule has 0 atom stereocenters. The molecule has 0 spiro atoms. The van der Waals surface area contributed by atoms with E-state index in [1.165, 1.54) is 0 Å². The number of hydrogen-bond donors (Lipinski definition) is 0. The van der Waals surface area contributed by atoms with Gasteiger partial charge in [-0.05, 0) is 37.1 Å². The number of allylic oxidation sites excluding steroid dienone is 10. The van der Waals surface area contributed by atoms with Crippen molar-refractivity contribution in [3.8, 4) is 6.01 Å². The number of nitrogens with zero attached hydrogens (tertiary/aromatic N) is 2. The lowest BCUT2D eigenvalue weighted by atomic mass is 10.1. The van der Waals surface area contributed by atoms with Crippen molar-refractivity contribution in [1.82, 2.24) is 9.97 Å². The van der Waals surface area contributed by atoms with Gasteiger partial charge in [0.15, 0.2) is 0 Å². The fraction of sp³-hybridized carbons (Fsp3) is 0.158. The van der Waals surface area contributed by atoms with E-state index in [2.05, 4.69) is 34.8 Å². The molecule has 1 aliphatic carbocycles. The molecule has 1 aliphatic rings. The minimum atomic E-state index is 0.308. The molecule has 2 rings (SSSR count). The van der Waals surface area contributed by atoms with E-state index in [1.54, 1.807) is 37.7 Å². The van der Waals surface area contributed by atoms with E-state index < -0.39 is 0 Å². The minimum absolute atomic E-state index is 0.308. The van der Waals surface area contributed by atoms with Gasteiger partial charge in [0.05, 0.1) is 7.11 Å². The maximum atomic E-state index is 5.57. The molecular formula is C19H20N2O2. The Morgan fingerprint density at radius 2 is 2.00 bits per heavy atom. The van der Waals surface area contributed by atoms with Crippen molar-refractivity contribution in [3.05, 3.63) is 84.7 Å². The van der Waals surface area contributed by atoms with Crippen LogP contribution in [0, 0.1) is 0 Å². The highest BCUT2D eigenvalue weighted by Crippen LogP contribution is 2.18. The summed E-state index contributed by atoms with van der Waals surface area (Å²) in [6.07, 6.45) is 20.0. The molecule has 4 heteroatoms. The van der Waals surface area contributed by atoms with E-state index in [0.717, 1.165) is 17.6 Å². The van der Waals surface area contributed by atoms with Gasteiger partial charge in [0.1, 0.15) is 11.5 Å². The second-order valence-corrected chi connectivity index (χ2v) is 4.80. The first-order valence-electron chi connectivity index (χ1n) is 7.31. The van der Waals surface area contributed by atoms with Gasteiger partial charge in [-0.25, -0.2) is 9.97 Å². The third kappa shape index (κ3) is 5.11. The van der Waals surface area contributed by atoms with Crippen LogP contribution < -0.4 is 4.74 Å². The molecule has 0 radical (unpaired) electrons. The Morgan fingerprint density at radius 1 is 1.22 bits per heavy atom. The number of hydrogen-bond acceptors (Lipinski definition) is 4. The summed E-state index contributed by atoms with van der Waals surface area (Å²) in [7, 11) is 1.59. The molecule has 1 aromatic rings. The van der Waals surface area contributed by atoms with E-state index in [9.17, 15) is 0 Å². The van der Waals surface area contributed by atoms with Crippen molar-refractivity contribution in [3.63, 3.8) is 0 Å². The van der Waals surface area contributed by atoms with Crippen molar-refractivity contribution < 1.29 is 9.47 Å². The van der Waals surface area contributed by atoms with Crippen LogP contribution in [0.2, 0.25) is 0 Å². The summed E-state index contributed by atoms with van der Waals surface area (Å²) in [5.74, 6) is 1.31. The van der Waals surface area contributed by atoms with E-state index in [4.69, 9.17) is 9.47 Å². The molecule has 0 aromatic carbocycles. The zero-order valence-electron chi connectivity index (χ0n) is 13.4. The monoisotopic (exact) mass is 308 g/mol. The first-order chi connectivity index (χ1) is 11.2. The Labute approximate surface area is 136 Å². The zero-order valence-corrected chi connectivity index (χ0v) is 13.4. The Hall–Kier alpha value is -2.88. The topological polar surface area (TPSA) is 44.2 Å². The molecule has 0 bridgehead atoms. The van der Waals surface area contributed by atoms with Crippen molar-refractivity contribution in [2.45, 2.75) is 13.3 Å². The molecule has 0 fully saturated rings. The number of aromatic nitrogens is 2. The predicted octanol–water partition coefficient (Wildman–Crippen LogP) is 4.38. The van der Waals surface area contributed by atoms with Gasteiger partial charge in [-0.15, -0.1) is 0 Å². The number of ether oxygens (including phenoxy) is 2. The molecule has 1 heterocycles. The highest BCUT2D eigenvalue weighted by atomic mass is 16.5. The highest BCUT2D eigenvalue weighted by molar-refractivity contribution is 5.74. The lowest BCUT2D eigenvalue weighted by molar-refractivity contribution is 0.307. The average molecular weight is 308 g/mol. The third-order valence-electron chi connectivity index (χ3n) is 3.11. The van der Waals surface area contributed by atoms with Crippen LogP contribution in [0.1, 0.15) is 18.9 Å². The Morgan fingerprint density at radius 3 is 2.70 bits per heavy atom. The smallest absolute Gasteiger partial charge is 0.321 e. The first kappa shape index (κ1) is 16.5. The van der Waals surface area contributed by atoms with E-state index in [1.807, 2.05) is 19.1 Å². The summed E-state index contributed by atoms with van der Waals surface area (Å²) in [4.78, 5) is 8.49. The van der Waals surface area contributed by atoms with E-state index >= 15 is 0 Å². The minimum Gasteiger partial charge on any atom is -0.497 e. The van der Waals surface area contributed by atoms with Gasteiger partial charge >= 0.3 is 6.01 Å². The van der Waals surface area contributed by atoms with E-state index in [-0.39, 0.29) is 0 Å². The van der Waals surface area contributed by atoms with Crippen molar-refractivity contribution >= 4 is 5.57 Å². The normalized spacial score (nSPS) is 15.0. The van der Waals surface area contributed by atoms with Gasteiger partial charge in [-0.1, -0.05) is 37.0 Å². The van der Waals surface area contributed by atoms with Crippen molar-refractivity contribution in [2.24, 2.45) is 0 Å². The third-order valence-corrected chi connectivity index (χ3v) is 3.11. The molecule has 0 aliphatic heterocycles. The Kier molecular flexibility index (Phi) is 6.12. The molecule has 4 nitrogen and oxygen atoms in total. The maximum absolute atomic E-state index is 5.57. The molecular weight excluding hydrogens is 288 g/mol. The number of rotatable bonds is 6. The fourth-order valence-electron chi connectivity index (χ4n) is 1.89. The fourth-order valence-corrected chi connectivity index (χ4v) is 1.89. The second-order valence-electron chi connectivity index (χ2n) is 4.80. The van der Waals surface area contributed by atoms with Crippen molar-refractivity contribution in [1.29, 1.82) is 0 Å². The van der Waals surface area contributed by atoms with Gasteiger partial charge in [-0.2, -0.15) is 0 Å². The van der Waals surface area contributed by atoms with Crippen LogP contribution >= 0.6 is 0 Å². The second kappa shape index (κ2) is 8.54. The predicted molar refractivity (Wildman–Crippen MR) is 92.6 cm³/mol. The lowest BCUT2D eigenvalue weighted by Crippen LogP contribution is -1.97. The Balaban J connectivity index is 2.06. The summed E-state index contributed by atoms with van der Waals surface area (Å²) in [5.41, 5.74) is 2.03. The van der Waals surface area contributed by atoms with Crippen LogP contribution in [-0.2, 0) is 4.74 Å². The summed E-state index contributed by atoms with van der Waals surface area (Å²) in [6, 6.07) is 0.308. The van der Waals surface area contributed by atoms with Gasteiger partial charge < -0.3 is 9.47 Å². The molecule has 0 saturated heterocycles.